The third-order valence-corrected chi connectivity index (χ3v) is 3.65. The maximum atomic E-state index is 11.5. The molecule has 1 amide bonds. The molecule has 1 rings (SSSR count). The number of carboxylic acid groups (broad SMARTS) is 1. The van der Waals surface area contributed by atoms with Gasteiger partial charge in [-0.2, -0.15) is 0 Å². The number of carbonyl (C=O) groups excluding carboxylic acids is 1. The summed E-state index contributed by atoms with van der Waals surface area (Å²) in [6, 6.07) is 0. The molecule has 6 nitrogen and oxygen atoms in total. The van der Waals surface area contributed by atoms with Crippen molar-refractivity contribution in [1.82, 2.24) is 10.3 Å². The summed E-state index contributed by atoms with van der Waals surface area (Å²) in [6.45, 7) is 0.879. The Balaban J connectivity index is 2.25. The molecule has 112 valence electrons. The molecule has 1 heterocycles. The van der Waals surface area contributed by atoms with Crippen LogP contribution in [-0.4, -0.2) is 35.1 Å². The molecule has 20 heavy (non-hydrogen) atoms. The molecule has 0 radical (unpaired) electrons. The minimum absolute atomic E-state index is 0.0603. The Morgan fingerprint density at radius 1 is 1.35 bits per heavy atom. The van der Waals surface area contributed by atoms with Gasteiger partial charge in [-0.1, -0.05) is 6.42 Å². The molecule has 1 aromatic rings. The Morgan fingerprint density at radius 2 is 2.15 bits per heavy atom. The van der Waals surface area contributed by atoms with Crippen LogP contribution in [-0.2, 0) is 22.4 Å². The first-order valence-corrected chi connectivity index (χ1v) is 7.61. The van der Waals surface area contributed by atoms with Crippen LogP contribution in [0.3, 0.4) is 0 Å². The molecule has 0 aromatic carbocycles. The van der Waals surface area contributed by atoms with Crippen molar-refractivity contribution in [3.05, 3.63) is 16.1 Å². The summed E-state index contributed by atoms with van der Waals surface area (Å²) in [7, 11) is 0. The van der Waals surface area contributed by atoms with E-state index in [9.17, 15) is 9.59 Å². The van der Waals surface area contributed by atoms with E-state index in [1.165, 1.54) is 0 Å². The highest BCUT2D eigenvalue weighted by Gasteiger charge is 2.08. The van der Waals surface area contributed by atoms with E-state index in [0.717, 1.165) is 42.9 Å². The van der Waals surface area contributed by atoms with Crippen molar-refractivity contribution in [2.75, 3.05) is 13.1 Å². The Kier molecular flexibility index (Phi) is 7.82. The van der Waals surface area contributed by atoms with Gasteiger partial charge in [0.25, 0.3) is 0 Å². The van der Waals surface area contributed by atoms with Crippen LogP contribution in [0.1, 0.15) is 36.4 Å². The molecule has 1 aromatic heterocycles. The summed E-state index contributed by atoms with van der Waals surface area (Å²) in [5.41, 5.74) is 6.18. The van der Waals surface area contributed by atoms with E-state index >= 15 is 0 Å². The number of unbranched alkanes of at least 4 members (excludes halogenated alkanes) is 2. The van der Waals surface area contributed by atoms with Gasteiger partial charge in [0.15, 0.2) is 0 Å². The number of nitrogens with zero attached hydrogens (tertiary/aromatic N) is 1. The summed E-state index contributed by atoms with van der Waals surface area (Å²) in [5, 5.41) is 14.0. The zero-order chi connectivity index (χ0) is 14.8. The zero-order valence-corrected chi connectivity index (χ0v) is 12.2. The number of hydrogen-bond acceptors (Lipinski definition) is 5. The number of nitrogens with two attached hydrogens (primary N) is 1. The smallest absolute Gasteiger partial charge is 0.305 e. The molecule has 0 aliphatic rings. The average Bonchev–Trinajstić information content (AvgIpc) is 2.82. The molecule has 0 saturated heterocycles. The van der Waals surface area contributed by atoms with E-state index < -0.39 is 5.97 Å². The fourth-order valence-electron chi connectivity index (χ4n) is 1.68. The van der Waals surface area contributed by atoms with Gasteiger partial charge in [0.05, 0.1) is 23.5 Å². The number of carboxylic acids is 1. The Labute approximate surface area is 122 Å². The second-order valence-corrected chi connectivity index (χ2v) is 5.45. The third kappa shape index (κ3) is 7.20. The molecule has 4 N–H and O–H groups in total. The molecule has 0 saturated carbocycles. The molecule has 0 fully saturated rings. The molecular weight excluding hydrogens is 278 g/mol. The largest absolute Gasteiger partial charge is 0.481 e. The Hall–Kier alpha value is -1.47. The first-order chi connectivity index (χ1) is 9.61. The van der Waals surface area contributed by atoms with Gasteiger partial charge in [-0.05, 0) is 25.8 Å². The quantitative estimate of drug-likeness (QED) is 0.558. The fourth-order valence-corrected chi connectivity index (χ4v) is 2.52. The van der Waals surface area contributed by atoms with Gasteiger partial charge >= 0.3 is 5.97 Å². The number of aliphatic carboxylic acids is 1. The highest BCUT2D eigenvalue weighted by Crippen LogP contribution is 2.13. The number of rotatable bonds is 10. The zero-order valence-electron chi connectivity index (χ0n) is 11.4. The van der Waals surface area contributed by atoms with Crippen molar-refractivity contribution < 1.29 is 14.7 Å². The van der Waals surface area contributed by atoms with Crippen LogP contribution >= 0.6 is 11.3 Å². The molecule has 0 spiro atoms. The lowest BCUT2D eigenvalue weighted by atomic mass is 10.2. The van der Waals surface area contributed by atoms with Crippen LogP contribution < -0.4 is 11.1 Å². The predicted octanol–water partition coefficient (Wildman–Crippen LogP) is 0.948. The van der Waals surface area contributed by atoms with E-state index in [0.29, 0.717) is 0 Å². The minimum Gasteiger partial charge on any atom is -0.481 e. The van der Waals surface area contributed by atoms with Gasteiger partial charge in [-0.15, -0.1) is 11.3 Å². The topological polar surface area (TPSA) is 105 Å². The lowest BCUT2D eigenvalue weighted by molar-refractivity contribution is -0.136. The highest BCUT2D eigenvalue weighted by atomic mass is 32.1. The Morgan fingerprint density at radius 3 is 2.85 bits per heavy atom. The lowest BCUT2D eigenvalue weighted by Crippen LogP contribution is -2.27. The van der Waals surface area contributed by atoms with E-state index in [1.54, 1.807) is 11.3 Å². The summed E-state index contributed by atoms with van der Waals surface area (Å²) in [6.07, 6.45) is 4.26. The SMILES string of the molecule is NCCCCCc1nc(CC(=O)NCCC(=O)O)cs1. The first kappa shape index (κ1) is 16.6. The maximum absolute atomic E-state index is 11.5. The highest BCUT2D eigenvalue weighted by molar-refractivity contribution is 7.09. The molecule has 0 bridgehead atoms. The molecule has 0 aliphatic heterocycles. The summed E-state index contributed by atoms with van der Waals surface area (Å²) >= 11 is 1.56. The van der Waals surface area contributed by atoms with Crippen molar-refractivity contribution >= 4 is 23.2 Å². The number of aryl methyl sites for hydroxylation is 1. The van der Waals surface area contributed by atoms with Crippen LogP contribution in [0.25, 0.3) is 0 Å². The summed E-state index contributed by atoms with van der Waals surface area (Å²) in [4.78, 5) is 26.3. The fraction of sp³-hybridized carbons (Fsp3) is 0.615. The normalized spacial score (nSPS) is 10.4. The monoisotopic (exact) mass is 299 g/mol. The summed E-state index contributed by atoms with van der Waals surface area (Å²) in [5.74, 6) is -1.11. The second kappa shape index (κ2) is 9.44. The van der Waals surface area contributed by atoms with Crippen molar-refractivity contribution in [3.8, 4) is 0 Å². The van der Waals surface area contributed by atoms with Crippen LogP contribution in [0, 0.1) is 0 Å². The number of carbonyl (C=O) groups is 2. The van der Waals surface area contributed by atoms with Crippen molar-refractivity contribution in [2.45, 2.75) is 38.5 Å². The Bertz CT molecular complexity index is 434. The lowest BCUT2D eigenvalue weighted by Gasteiger charge is -2.01. The molecule has 0 aliphatic carbocycles. The molecule has 7 heteroatoms. The average molecular weight is 299 g/mol. The van der Waals surface area contributed by atoms with Crippen molar-refractivity contribution in [2.24, 2.45) is 5.73 Å². The summed E-state index contributed by atoms with van der Waals surface area (Å²) < 4.78 is 0. The maximum Gasteiger partial charge on any atom is 0.305 e. The van der Waals surface area contributed by atoms with Gasteiger partial charge in [0.2, 0.25) is 5.91 Å². The third-order valence-electron chi connectivity index (χ3n) is 2.70. The van der Waals surface area contributed by atoms with Crippen LogP contribution in [0.5, 0.6) is 0 Å². The number of hydrogen-bond donors (Lipinski definition) is 3. The standard InChI is InChI=1S/C13H21N3O3S/c14-6-3-1-2-4-12-16-10(9-20-12)8-11(17)15-7-5-13(18)19/h9H,1-8,14H2,(H,15,17)(H,18,19). The second-order valence-electron chi connectivity index (χ2n) is 4.50. The molecular formula is C13H21N3O3S. The van der Waals surface area contributed by atoms with Gasteiger partial charge < -0.3 is 16.2 Å². The number of aromatic nitrogens is 1. The van der Waals surface area contributed by atoms with E-state index in [4.69, 9.17) is 10.8 Å². The number of thiazole rings is 1. The van der Waals surface area contributed by atoms with Gasteiger partial charge in [-0.25, -0.2) is 4.98 Å². The van der Waals surface area contributed by atoms with E-state index in [-0.39, 0.29) is 25.3 Å². The van der Waals surface area contributed by atoms with Crippen LogP contribution in [0.4, 0.5) is 0 Å². The first-order valence-electron chi connectivity index (χ1n) is 6.73. The minimum atomic E-state index is -0.918. The number of amides is 1. The van der Waals surface area contributed by atoms with Crippen molar-refractivity contribution in [1.29, 1.82) is 0 Å². The molecule has 0 atom stereocenters. The van der Waals surface area contributed by atoms with E-state index in [1.807, 2.05) is 5.38 Å². The van der Waals surface area contributed by atoms with Crippen LogP contribution in [0.2, 0.25) is 0 Å². The van der Waals surface area contributed by atoms with Gasteiger partial charge in [0, 0.05) is 11.9 Å². The predicted molar refractivity (Wildman–Crippen MR) is 77.7 cm³/mol. The van der Waals surface area contributed by atoms with E-state index in [2.05, 4.69) is 10.3 Å². The number of nitrogens with one attached hydrogen (secondary N) is 1. The van der Waals surface area contributed by atoms with Gasteiger partial charge in [-0.3, -0.25) is 9.59 Å². The van der Waals surface area contributed by atoms with Crippen molar-refractivity contribution in [3.63, 3.8) is 0 Å². The molecule has 0 unspecified atom stereocenters. The van der Waals surface area contributed by atoms with Gasteiger partial charge in [0.1, 0.15) is 0 Å². The van der Waals surface area contributed by atoms with Crippen LogP contribution in [0.15, 0.2) is 5.38 Å².